The van der Waals surface area contributed by atoms with E-state index in [1.165, 1.54) is 0 Å². The van der Waals surface area contributed by atoms with Gasteiger partial charge in [0.25, 0.3) is 0 Å². The van der Waals surface area contributed by atoms with Crippen LogP contribution in [0.5, 0.6) is 5.75 Å². The van der Waals surface area contributed by atoms with E-state index in [4.69, 9.17) is 15.7 Å². The molecule has 0 spiro atoms. The van der Waals surface area contributed by atoms with E-state index in [1.807, 2.05) is 6.92 Å². The normalized spacial score (nSPS) is 11.8. The van der Waals surface area contributed by atoms with E-state index in [0.29, 0.717) is 17.9 Å². The Balaban J connectivity index is 2.82. The molecule has 0 saturated carbocycles. The number of anilines is 1. The molecule has 1 rings (SSSR count). The predicted octanol–water partition coefficient (Wildman–Crippen LogP) is 2.71. The van der Waals surface area contributed by atoms with Crippen molar-refractivity contribution in [2.24, 2.45) is 0 Å². The molecule has 0 fully saturated rings. The van der Waals surface area contributed by atoms with Crippen LogP contribution in [0.3, 0.4) is 0 Å². The summed E-state index contributed by atoms with van der Waals surface area (Å²) in [7, 11) is 0. The van der Waals surface area contributed by atoms with Gasteiger partial charge in [-0.25, -0.2) is 0 Å². The zero-order valence-corrected chi connectivity index (χ0v) is 9.41. The minimum Gasteiger partial charge on any atom is -0.475 e. The molecule has 74 valence electrons. The predicted molar refractivity (Wildman–Crippen MR) is 58.9 cm³/mol. The molecule has 0 aliphatic carbocycles. The fraction of sp³-hybridized carbons (Fsp3) is 0.300. The molecule has 4 heteroatoms. The Hall–Kier alpha value is -1.21. The van der Waals surface area contributed by atoms with Gasteiger partial charge in [0.2, 0.25) is 0 Å². The lowest BCUT2D eigenvalue weighted by atomic mass is 10.3. The molecule has 3 nitrogen and oxygen atoms in total. The Morgan fingerprint density at radius 3 is 2.79 bits per heavy atom. The zero-order valence-electron chi connectivity index (χ0n) is 7.83. The maximum Gasteiger partial charge on any atom is 0.184 e. The van der Waals surface area contributed by atoms with Crippen molar-refractivity contribution in [1.29, 1.82) is 5.26 Å². The molecule has 1 atom stereocenters. The lowest BCUT2D eigenvalue weighted by Crippen LogP contribution is -2.12. The third kappa shape index (κ3) is 2.93. The highest BCUT2D eigenvalue weighted by Crippen LogP contribution is 2.23. The molecule has 0 heterocycles. The van der Waals surface area contributed by atoms with Crippen LogP contribution in [-0.2, 0) is 0 Å². The van der Waals surface area contributed by atoms with Crippen LogP contribution in [0.25, 0.3) is 0 Å². The molecule has 0 bridgehead atoms. The average molecular weight is 255 g/mol. The van der Waals surface area contributed by atoms with Crippen molar-refractivity contribution in [1.82, 2.24) is 0 Å². The molecule has 0 amide bonds. The van der Waals surface area contributed by atoms with Crippen molar-refractivity contribution in [2.45, 2.75) is 19.4 Å². The SMILES string of the molecule is CCC(C#N)Oc1cc(N)cc(Br)c1. The van der Waals surface area contributed by atoms with E-state index in [9.17, 15) is 0 Å². The Bertz CT molecular complexity index is 339. The van der Waals surface area contributed by atoms with Gasteiger partial charge in [-0.3, -0.25) is 0 Å². The Morgan fingerprint density at radius 2 is 2.29 bits per heavy atom. The van der Waals surface area contributed by atoms with E-state index in [1.54, 1.807) is 18.2 Å². The van der Waals surface area contributed by atoms with Crippen molar-refractivity contribution >= 4 is 21.6 Å². The van der Waals surface area contributed by atoms with Gasteiger partial charge in [-0.1, -0.05) is 22.9 Å². The molecular formula is C10H11BrN2O. The number of nitrogens with zero attached hydrogens (tertiary/aromatic N) is 1. The highest BCUT2D eigenvalue weighted by molar-refractivity contribution is 9.10. The summed E-state index contributed by atoms with van der Waals surface area (Å²) < 4.78 is 6.25. The number of ether oxygens (including phenoxy) is 1. The fourth-order valence-electron chi connectivity index (χ4n) is 1.02. The van der Waals surface area contributed by atoms with Crippen molar-refractivity contribution in [2.75, 3.05) is 5.73 Å². The second-order valence-corrected chi connectivity index (χ2v) is 3.78. The number of rotatable bonds is 3. The van der Waals surface area contributed by atoms with Gasteiger partial charge in [-0.15, -0.1) is 0 Å². The number of hydrogen-bond donors (Lipinski definition) is 1. The zero-order chi connectivity index (χ0) is 10.6. The van der Waals surface area contributed by atoms with Crippen molar-refractivity contribution in [3.63, 3.8) is 0 Å². The van der Waals surface area contributed by atoms with Crippen LogP contribution in [0.2, 0.25) is 0 Å². The second kappa shape index (κ2) is 4.87. The number of benzene rings is 1. The molecule has 0 aromatic heterocycles. The minimum atomic E-state index is -0.413. The monoisotopic (exact) mass is 254 g/mol. The van der Waals surface area contributed by atoms with E-state index in [0.717, 1.165) is 4.47 Å². The molecule has 0 aliphatic heterocycles. The molecule has 2 N–H and O–H groups in total. The molecule has 1 aromatic carbocycles. The lowest BCUT2D eigenvalue weighted by molar-refractivity contribution is 0.252. The Kier molecular flexibility index (Phi) is 3.78. The summed E-state index contributed by atoms with van der Waals surface area (Å²) in [6.07, 6.45) is 0.242. The van der Waals surface area contributed by atoms with Crippen LogP contribution in [0.4, 0.5) is 5.69 Å². The Labute approximate surface area is 91.6 Å². The van der Waals surface area contributed by atoms with Crippen LogP contribution >= 0.6 is 15.9 Å². The second-order valence-electron chi connectivity index (χ2n) is 2.86. The quantitative estimate of drug-likeness (QED) is 0.844. The Morgan fingerprint density at radius 1 is 1.57 bits per heavy atom. The number of hydrogen-bond acceptors (Lipinski definition) is 3. The third-order valence-electron chi connectivity index (χ3n) is 1.69. The van der Waals surface area contributed by atoms with E-state index >= 15 is 0 Å². The van der Waals surface area contributed by atoms with Gasteiger partial charge < -0.3 is 10.5 Å². The van der Waals surface area contributed by atoms with Crippen molar-refractivity contribution in [3.8, 4) is 11.8 Å². The number of halogens is 1. The maximum atomic E-state index is 8.71. The molecule has 0 radical (unpaired) electrons. The summed E-state index contributed by atoms with van der Waals surface area (Å²) in [4.78, 5) is 0. The first-order valence-corrected chi connectivity index (χ1v) is 5.07. The van der Waals surface area contributed by atoms with Gasteiger partial charge in [-0.2, -0.15) is 5.26 Å². The van der Waals surface area contributed by atoms with Crippen LogP contribution in [0.1, 0.15) is 13.3 Å². The summed E-state index contributed by atoms with van der Waals surface area (Å²) in [5.41, 5.74) is 6.24. The summed E-state index contributed by atoms with van der Waals surface area (Å²) in [5, 5.41) is 8.71. The van der Waals surface area contributed by atoms with Crippen LogP contribution in [0.15, 0.2) is 22.7 Å². The molecule has 1 unspecified atom stereocenters. The first-order valence-electron chi connectivity index (χ1n) is 4.28. The number of nitriles is 1. The standard InChI is InChI=1S/C10H11BrN2O/c1-2-9(6-12)14-10-4-7(11)3-8(13)5-10/h3-5,9H,2,13H2,1H3. The van der Waals surface area contributed by atoms with E-state index in [2.05, 4.69) is 22.0 Å². The highest BCUT2D eigenvalue weighted by Gasteiger charge is 2.06. The van der Waals surface area contributed by atoms with Gasteiger partial charge in [0.1, 0.15) is 11.8 Å². The summed E-state index contributed by atoms with van der Waals surface area (Å²) in [5.74, 6) is 0.616. The summed E-state index contributed by atoms with van der Waals surface area (Å²) in [6, 6.07) is 7.33. The third-order valence-corrected chi connectivity index (χ3v) is 2.14. The first kappa shape index (κ1) is 10.9. The van der Waals surface area contributed by atoms with E-state index < -0.39 is 6.10 Å². The highest BCUT2D eigenvalue weighted by atomic mass is 79.9. The van der Waals surface area contributed by atoms with Gasteiger partial charge in [0.15, 0.2) is 6.10 Å². The molecule has 0 saturated heterocycles. The largest absolute Gasteiger partial charge is 0.475 e. The van der Waals surface area contributed by atoms with Crippen molar-refractivity contribution in [3.05, 3.63) is 22.7 Å². The van der Waals surface area contributed by atoms with Gasteiger partial charge in [0, 0.05) is 16.2 Å². The van der Waals surface area contributed by atoms with Gasteiger partial charge >= 0.3 is 0 Å². The van der Waals surface area contributed by atoms with Crippen LogP contribution < -0.4 is 10.5 Å². The van der Waals surface area contributed by atoms with E-state index in [-0.39, 0.29) is 0 Å². The average Bonchev–Trinajstić information content (AvgIpc) is 2.12. The smallest absolute Gasteiger partial charge is 0.184 e. The lowest BCUT2D eigenvalue weighted by Gasteiger charge is -2.10. The number of nitrogens with two attached hydrogens (primary N) is 1. The maximum absolute atomic E-state index is 8.71. The minimum absolute atomic E-state index is 0.413. The molecular weight excluding hydrogens is 244 g/mol. The molecule has 14 heavy (non-hydrogen) atoms. The summed E-state index contributed by atoms with van der Waals surface area (Å²) in [6.45, 7) is 1.90. The fourth-order valence-corrected chi connectivity index (χ4v) is 1.51. The van der Waals surface area contributed by atoms with Crippen LogP contribution in [-0.4, -0.2) is 6.10 Å². The summed E-state index contributed by atoms with van der Waals surface area (Å²) >= 11 is 3.30. The number of nitrogen functional groups attached to an aromatic ring is 1. The van der Waals surface area contributed by atoms with Crippen molar-refractivity contribution < 1.29 is 4.74 Å². The van der Waals surface area contributed by atoms with Gasteiger partial charge in [-0.05, 0) is 18.6 Å². The topological polar surface area (TPSA) is 59.0 Å². The van der Waals surface area contributed by atoms with Gasteiger partial charge in [0.05, 0.1) is 0 Å². The first-order chi connectivity index (χ1) is 6.65. The molecule has 0 aliphatic rings. The van der Waals surface area contributed by atoms with Crippen LogP contribution in [0, 0.1) is 11.3 Å². The molecule has 1 aromatic rings.